The highest BCUT2D eigenvalue weighted by molar-refractivity contribution is 6.30. The van der Waals surface area contributed by atoms with Crippen molar-refractivity contribution in [2.75, 3.05) is 31.1 Å². The van der Waals surface area contributed by atoms with Gasteiger partial charge in [-0.3, -0.25) is 4.79 Å². The summed E-state index contributed by atoms with van der Waals surface area (Å²) < 4.78 is 1.84. The summed E-state index contributed by atoms with van der Waals surface area (Å²) in [5, 5.41) is 6.22. The van der Waals surface area contributed by atoms with Crippen molar-refractivity contribution >= 4 is 34.4 Å². The van der Waals surface area contributed by atoms with Gasteiger partial charge in [0, 0.05) is 37.6 Å². The maximum absolute atomic E-state index is 12.9. The minimum Gasteiger partial charge on any atom is -0.352 e. The molecule has 1 amide bonds. The fourth-order valence-electron chi connectivity index (χ4n) is 4.55. The molecule has 0 atom stereocenters. The number of hydrogen-bond donors (Lipinski definition) is 0. The predicted octanol–water partition coefficient (Wildman–Crippen LogP) is 4.95. The van der Waals surface area contributed by atoms with Gasteiger partial charge in [0.2, 0.25) is 5.91 Å². The van der Waals surface area contributed by atoms with Crippen LogP contribution in [-0.2, 0) is 17.6 Å². The summed E-state index contributed by atoms with van der Waals surface area (Å²) in [5.74, 6) is 2.43. The van der Waals surface area contributed by atoms with Gasteiger partial charge in [0.1, 0.15) is 11.6 Å². The van der Waals surface area contributed by atoms with Crippen LogP contribution in [0, 0.1) is 5.92 Å². The normalized spacial score (nSPS) is 14.1. The zero-order valence-corrected chi connectivity index (χ0v) is 21.5. The van der Waals surface area contributed by atoms with Gasteiger partial charge < -0.3 is 9.80 Å². The molecule has 0 aliphatic carbocycles. The highest BCUT2D eigenvalue weighted by atomic mass is 35.5. The molecule has 2 aromatic heterocycles. The molecular formula is C28H31ClN6O. The summed E-state index contributed by atoms with van der Waals surface area (Å²) >= 11 is 6.26. The Morgan fingerprint density at radius 3 is 2.50 bits per heavy atom. The summed E-state index contributed by atoms with van der Waals surface area (Å²) in [6.45, 7) is 7.20. The van der Waals surface area contributed by atoms with E-state index in [1.165, 1.54) is 0 Å². The first-order valence-corrected chi connectivity index (χ1v) is 12.9. The number of halogens is 1. The lowest BCUT2D eigenvalue weighted by atomic mass is 10.1. The highest BCUT2D eigenvalue weighted by Crippen LogP contribution is 2.28. The van der Waals surface area contributed by atoms with E-state index in [9.17, 15) is 4.79 Å². The molecule has 0 spiro atoms. The average molecular weight is 503 g/mol. The molecule has 7 nitrogen and oxygen atoms in total. The van der Waals surface area contributed by atoms with Crippen molar-refractivity contribution in [2.45, 2.75) is 33.1 Å². The topological polar surface area (TPSA) is 67.2 Å². The Morgan fingerprint density at radius 2 is 1.78 bits per heavy atom. The number of carbonyl (C=O) groups excluding carboxylic acids is 1. The third-order valence-electron chi connectivity index (χ3n) is 6.58. The Hall–Kier alpha value is -3.45. The van der Waals surface area contributed by atoms with Gasteiger partial charge in [0.15, 0.2) is 5.65 Å². The number of fused-ring (bicyclic) bond motifs is 1. The summed E-state index contributed by atoms with van der Waals surface area (Å²) in [5.41, 5.74) is 2.70. The molecule has 1 aliphatic rings. The maximum atomic E-state index is 12.9. The number of rotatable bonds is 7. The van der Waals surface area contributed by atoms with Crippen LogP contribution in [0.25, 0.3) is 16.7 Å². The average Bonchev–Trinajstić information content (AvgIpc) is 3.32. The summed E-state index contributed by atoms with van der Waals surface area (Å²) in [6, 6.07) is 17.6. The van der Waals surface area contributed by atoms with Crippen LogP contribution in [0.15, 0.2) is 60.8 Å². The van der Waals surface area contributed by atoms with Crippen molar-refractivity contribution in [3.63, 3.8) is 0 Å². The van der Waals surface area contributed by atoms with E-state index in [0.717, 1.165) is 59.9 Å². The fraction of sp³-hybridized carbons (Fsp3) is 0.357. The molecule has 0 unspecified atom stereocenters. The van der Waals surface area contributed by atoms with Crippen LogP contribution in [-0.4, -0.2) is 56.7 Å². The maximum Gasteiger partial charge on any atom is 0.227 e. The second-order valence-electron chi connectivity index (χ2n) is 9.70. The SMILES string of the molecule is CC(C)CCc1nc(N2CCN(C(=O)Cc3ccccc3)CC2)c2cnn(-c3cccc(Cl)c3)c2n1. The first-order valence-electron chi connectivity index (χ1n) is 12.5. The van der Waals surface area contributed by atoms with Crippen molar-refractivity contribution in [3.05, 3.63) is 77.2 Å². The smallest absolute Gasteiger partial charge is 0.227 e. The lowest BCUT2D eigenvalue weighted by molar-refractivity contribution is -0.130. The van der Waals surface area contributed by atoms with Crippen LogP contribution < -0.4 is 4.90 Å². The molecule has 36 heavy (non-hydrogen) atoms. The molecule has 1 fully saturated rings. The minimum atomic E-state index is 0.167. The van der Waals surface area contributed by atoms with Gasteiger partial charge in [0.25, 0.3) is 0 Å². The molecular weight excluding hydrogens is 472 g/mol. The van der Waals surface area contributed by atoms with Gasteiger partial charge in [-0.05, 0) is 36.1 Å². The highest BCUT2D eigenvalue weighted by Gasteiger charge is 2.25. The second-order valence-corrected chi connectivity index (χ2v) is 10.1. The second kappa shape index (κ2) is 10.7. The van der Waals surface area contributed by atoms with E-state index >= 15 is 0 Å². The standard InChI is InChI=1S/C28H31ClN6O/c1-20(2)11-12-25-31-27(24-19-30-35(28(24)32-25)23-10-6-9-22(29)18-23)34-15-13-33(14-16-34)26(36)17-21-7-4-3-5-8-21/h3-10,18-20H,11-17H2,1-2H3. The van der Waals surface area contributed by atoms with Crippen molar-refractivity contribution < 1.29 is 4.79 Å². The van der Waals surface area contributed by atoms with E-state index in [2.05, 4.69) is 23.8 Å². The number of nitrogens with zero attached hydrogens (tertiary/aromatic N) is 6. The molecule has 186 valence electrons. The van der Waals surface area contributed by atoms with E-state index < -0.39 is 0 Å². The van der Waals surface area contributed by atoms with Crippen molar-refractivity contribution in [2.24, 2.45) is 5.92 Å². The fourth-order valence-corrected chi connectivity index (χ4v) is 4.74. The van der Waals surface area contributed by atoms with Crippen molar-refractivity contribution in [3.8, 4) is 5.69 Å². The number of hydrogen-bond acceptors (Lipinski definition) is 5. The number of carbonyl (C=O) groups is 1. The lowest BCUT2D eigenvalue weighted by Crippen LogP contribution is -2.49. The van der Waals surface area contributed by atoms with Gasteiger partial charge in [-0.1, -0.05) is 61.8 Å². The summed E-state index contributed by atoms with van der Waals surface area (Å²) in [6.07, 6.45) is 4.09. The first-order chi connectivity index (χ1) is 17.5. The molecule has 0 N–H and O–H groups in total. The molecule has 2 aromatic carbocycles. The van der Waals surface area contributed by atoms with Crippen molar-refractivity contribution in [1.29, 1.82) is 0 Å². The quantitative estimate of drug-likeness (QED) is 0.358. The largest absolute Gasteiger partial charge is 0.352 e. The number of benzene rings is 2. The predicted molar refractivity (Wildman–Crippen MR) is 144 cm³/mol. The Kier molecular flexibility index (Phi) is 7.18. The van der Waals surface area contributed by atoms with E-state index in [-0.39, 0.29) is 5.91 Å². The van der Waals surface area contributed by atoms with Crippen LogP contribution in [0.1, 0.15) is 31.7 Å². The van der Waals surface area contributed by atoms with Crippen molar-refractivity contribution in [1.82, 2.24) is 24.6 Å². The monoisotopic (exact) mass is 502 g/mol. The third-order valence-corrected chi connectivity index (χ3v) is 6.82. The molecule has 1 aliphatic heterocycles. The zero-order chi connectivity index (χ0) is 25.1. The van der Waals surface area contributed by atoms with Crippen LogP contribution >= 0.6 is 11.6 Å². The number of piperazine rings is 1. The molecule has 1 saturated heterocycles. The Balaban J connectivity index is 1.40. The molecule has 8 heteroatoms. The Morgan fingerprint density at radius 1 is 1.00 bits per heavy atom. The molecule has 4 aromatic rings. The van der Waals surface area contributed by atoms with Gasteiger partial charge in [-0.15, -0.1) is 0 Å². The summed E-state index contributed by atoms with van der Waals surface area (Å²) in [7, 11) is 0. The number of amides is 1. The van der Waals surface area contributed by atoms with Gasteiger partial charge in [-0.2, -0.15) is 5.10 Å². The van der Waals surface area contributed by atoms with Gasteiger partial charge in [0.05, 0.1) is 23.7 Å². The lowest BCUT2D eigenvalue weighted by Gasteiger charge is -2.35. The molecule has 3 heterocycles. The summed E-state index contributed by atoms with van der Waals surface area (Å²) in [4.78, 5) is 27.0. The number of aryl methyl sites for hydroxylation is 1. The van der Waals surface area contributed by atoms with E-state index in [0.29, 0.717) is 30.5 Å². The Labute approximate surface area is 216 Å². The van der Waals surface area contributed by atoms with Crippen LogP contribution in [0.3, 0.4) is 0 Å². The zero-order valence-electron chi connectivity index (χ0n) is 20.8. The van der Waals surface area contributed by atoms with E-state index in [1.807, 2.05) is 70.4 Å². The van der Waals surface area contributed by atoms with Crippen LogP contribution in [0.5, 0.6) is 0 Å². The minimum absolute atomic E-state index is 0.167. The molecule has 0 bridgehead atoms. The van der Waals surface area contributed by atoms with E-state index in [4.69, 9.17) is 21.6 Å². The number of aromatic nitrogens is 4. The van der Waals surface area contributed by atoms with Gasteiger partial charge in [-0.25, -0.2) is 14.6 Å². The van der Waals surface area contributed by atoms with E-state index in [1.54, 1.807) is 0 Å². The third kappa shape index (κ3) is 5.36. The first kappa shape index (κ1) is 24.3. The molecule has 0 saturated carbocycles. The molecule has 0 radical (unpaired) electrons. The van der Waals surface area contributed by atoms with Gasteiger partial charge >= 0.3 is 0 Å². The van der Waals surface area contributed by atoms with Crippen LogP contribution in [0.4, 0.5) is 5.82 Å². The molecule has 5 rings (SSSR count). The Bertz CT molecular complexity index is 1340. The number of anilines is 1. The van der Waals surface area contributed by atoms with Crippen LogP contribution in [0.2, 0.25) is 5.02 Å².